The van der Waals surface area contributed by atoms with Gasteiger partial charge in [-0.2, -0.15) is 0 Å². The number of rotatable bonds is 7. The molecule has 6 rings (SSSR count). The third-order valence-corrected chi connectivity index (χ3v) is 9.37. The van der Waals surface area contributed by atoms with Crippen molar-refractivity contribution in [3.63, 3.8) is 0 Å². The fraction of sp³-hybridized carbons (Fsp3) is 0.267. The van der Waals surface area contributed by atoms with Crippen molar-refractivity contribution in [2.45, 2.75) is 43.2 Å². The predicted octanol–water partition coefficient (Wildman–Crippen LogP) is 0.454. The number of carboxylic acid groups (broad SMARTS) is 1. The van der Waals surface area contributed by atoms with Gasteiger partial charge >= 0.3 is 25.0 Å². The summed E-state index contributed by atoms with van der Waals surface area (Å²) in [6, 6.07) is 19.0. The van der Waals surface area contributed by atoms with Gasteiger partial charge in [-0.1, -0.05) is 55.5 Å². The van der Waals surface area contributed by atoms with Crippen LogP contribution in [0.1, 0.15) is 43.1 Å². The molecular formula is C30H28LiN5O6S. The zero-order valence-electron chi connectivity index (χ0n) is 23.8. The first-order chi connectivity index (χ1) is 20.3. The van der Waals surface area contributed by atoms with E-state index in [1.165, 1.54) is 31.5 Å². The summed E-state index contributed by atoms with van der Waals surface area (Å²) in [5.74, 6) is -2.01. The van der Waals surface area contributed by atoms with Crippen molar-refractivity contribution in [3.05, 3.63) is 90.5 Å². The molecule has 216 valence electrons. The molecule has 0 spiro atoms. The molecule has 2 aromatic carbocycles. The standard InChI is InChI=1S/C30H29N5O6S.Li/c1-20(29(36)37)27-32-25-18-31-28-24(14-17-34(28)42(39,40)23-10-6-3-7-11-23)26(25)35(27)22-12-15-33(16-13-22)30(38)41-19-21-8-4-2-5-9-21;/h2-11,14,17-18,20,22H,12-13,15-16,19H2,1H3,(H,36,37);/q;+1/p-1. The van der Waals surface area contributed by atoms with E-state index in [2.05, 4.69) is 9.97 Å². The molecular weight excluding hydrogens is 565 g/mol. The number of nitrogens with zero attached hydrogens (tertiary/aromatic N) is 5. The molecule has 0 aliphatic carbocycles. The van der Waals surface area contributed by atoms with Crippen LogP contribution in [0.25, 0.3) is 22.1 Å². The summed E-state index contributed by atoms with van der Waals surface area (Å²) in [7, 11) is -3.93. The topological polar surface area (TPSA) is 139 Å². The predicted molar refractivity (Wildman–Crippen MR) is 152 cm³/mol. The maximum Gasteiger partial charge on any atom is 1.00 e. The van der Waals surface area contributed by atoms with E-state index in [4.69, 9.17) is 4.74 Å². The first kappa shape index (κ1) is 30.3. The molecule has 1 atom stereocenters. The van der Waals surface area contributed by atoms with E-state index >= 15 is 0 Å². The van der Waals surface area contributed by atoms with Crippen LogP contribution in [-0.2, 0) is 26.2 Å². The van der Waals surface area contributed by atoms with Crippen LogP contribution >= 0.6 is 0 Å². The Morgan fingerprint density at radius 2 is 1.67 bits per heavy atom. The van der Waals surface area contributed by atoms with Crippen LogP contribution in [0, 0.1) is 0 Å². The summed E-state index contributed by atoms with van der Waals surface area (Å²) >= 11 is 0. The third kappa shape index (κ3) is 5.66. The average molecular weight is 594 g/mol. The van der Waals surface area contributed by atoms with E-state index in [1.807, 2.05) is 34.9 Å². The smallest absolute Gasteiger partial charge is 0.549 e. The summed E-state index contributed by atoms with van der Waals surface area (Å²) in [6.07, 6.45) is 3.54. The molecule has 4 heterocycles. The van der Waals surface area contributed by atoms with Crippen molar-refractivity contribution < 1.29 is 46.7 Å². The summed E-state index contributed by atoms with van der Waals surface area (Å²) in [6.45, 7) is 2.48. The number of ether oxygens (including phenoxy) is 1. The number of hydrogen-bond donors (Lipinski definition) is 0. The van der Waals surface area contributed by atoms with E-state index < -0.39 is 28.0 Å². The van der Waals surface area contributed by atoms with E-state index in [1.54, 1.807) is 29.2 Å². The first-order valence-electron chi connectivity index (χ1n) is 13.6. The molecule has 1 aliphatic heterocycles. The van der Waals surface area contributed by atoms with Crippen molar-refractivity contribution in [1.82, 2.24) is 23.4 Å². The first-order valence-corrected chi connectivity index (χ1v) is 15.0. The van der Waals surface area contributed by atoms with Gasteiger partial charge in [0.2, 0.25) is 0 Å². The van der Waals surface area contributed by atoms with Gasteiger partial charge in [-0.15, -0.1) is 0 Å². The Morgan fingerprint density at radius 1 is 1.02 bits per heavy atom. The second-order valence-electron chi connectivity index (χ2n) is 10.3. The number of likely N-dealkylation sites (tertiary alicyclic amines) is 1. The molecule has 13 heteroatoms. The molecule has 5 aromatic rings. The summed E-state index contributed by atoms with van der Waals surface area (Å²) in [5.41, 5.74) is 2.15. The Labute approximate surface area is 260 Å². The van der Waals surface area contributed by atoms with Gasteiger partial charge in [-0.3, -0.25) is 0 Å². The Kier molecular flexibility index (Phi) is 8.64. The van der Waals surface area contributed by atoms with Crippen LogP contribution < -0.4 is 24.0 Å². The summed E-state index contributed by atoms with van der Waals surface area (Å²) in [4.78, 5) is 35.5. The van der Waals surface area contributed by atoms with Crippen molar-refractivity contribution in [3.8, 4) is 0 Å². The summed E-state index contributed by atoms with van der Waals surface area (Å²) < 4.78 is 35.4. The largest absolute Gasteiger partial charge is 1.00 e. The normalized spacial score (nSPS) is 14.9. The molecule has 43 heavy (non-hydrogen) atoms. The van der Waals surface area contributed by atoms with Crippen LogP contribution in [0.3, 0.4) is 0 Å². The fourth-order valence-corrected chi connectivity index (χ4v) is 6.79. The molecule has 1 unspecified atom stereocenters. The van der Waals surface area contributed by atoms with Gasteiger partial charge in [0.05, 0.1) is 28.5 Å². The molecule has 3 aromatic heterocycles. The minimum atomic E-state index is -3.93. The number of carboxylic acids is 1. The molecule has 0 radical (unpaired) electrons. The maximum atomic E-state index is 13.4. The van der Waals surface area contributed by atoms with Crippen LogP contribution in [0.2, 0.25) is 0 Å². The molecule has 1 aliphatic rings. The van der Waals surface area contributed by atoms with Crippen LogP contribution in [0.15, 0.2) is 84.0 Å². The minimum Gasteiger partial charge on any atom is -0.549 e. The number of imidazole rings is 1. The number of carbonyl (C=O) groups excluding carboxylic acids is 2. The average Bonchev–Trinajstić information content (AvgIpc) is 3.63. The number of carbonyl (C=O) groups is 2. The number of fused-ring (bicyclic) bond motifs is 3. The second kappa shape index (κ2) is 12.2. The number of aromatic nitrogens is 4. The van der Waals surface area contributed by atoms with Gasteiger partial charge in [0, 0.05) is 30.7 Å². The number of hydrogen-bond acceptors (Lipinski definition) is 8. The van der Waals surface area contributed by atoms with Gasteiger partial charge in [-0.05, 0) is 36.6 Å². The van der Waals surface area contributed by atoms with Crippen LogP contribution in [0.5, 0.6) is 0 Å². The quantitative estimate of drug-likeness (QED) is 0.248. The molecule has 0 saturated carbocycles. The van der Waals surface area contributed by atoms with Crippen LogP contribution in [0.4, 0.5) is 4.79 Å². The zero-order valence-corrected chi connectivity index (χ0v) is 24.6. The van der Waals surface area contributed by atoms with E-state index in [0.29, 0.717) is 48.2 Å². The molecule has 1 saturated heterocycles. The molecule has 1 amide bonds. The number of piperidine rings is 1. The fourth-order valence-electron chi connectivity index (χ4n) is 5.46. The van der Waals surface area contributed by atoms with Gasteiger partial charge in [0.25, 0.3) is 10.0 Å². The number of amides is 1. The molecule has 11 nitrogen and oxygen atoms in total. The van der Waals surface area contributed by atoms with Gasteiger partial charge in [0.1, 0.15) is 17.9 Å². The van der Waals surface area contributed by atoms with Gasteiger partial charge < -0.3 is 24.1 Å². The van der Waals surface area contributed by atoms with E-state index in [9.17, 15) is 23.1 Å². The Bertz CT molecular complexity index is 1880. The number of benzene rings is 2. The Hall–Kier alpha value is -4.11. The Balaban J connectivity index is 0.00000368. The van der Waals surface area contributed by atoms with Crippen molar-refractivity contribution in [2.75, 3.05) is 13.1 Å². The van der Waals surface area contributed by atoms with E-state index in [-0.39, 0.29) is 42.1 Å². The van der Waals surface area contributed by atoms with Crippen molar-refractivity contribution >= 4 is 44.2 Å². The SMILES string of the molecule is CC(C(=O)[O-])c1nc2cnc3c(ccn3S(=O)(=O)c3ccccc3)c2n1C1CCN(C(=O)OCc2ccccc2)CC1.[Li+]. The number of aliphatic carboxylic acids is 1. The summed E-state index contributed by atoms with van der Waals surface area (Å²) in [5, 5.41) is 12.5. The monoisotopic (exact) mass is 593 g/mol. The van der Waals surface area contributed by atoms with Crippen molar-refractivity contribution in [1.29, 1.82) is 0 Å². The van der Waals surface area contributed by atoms with Crippen LogP contribution in [-0.4, -0.2) is 57.0 Å². The van der Waals surface area contributed by atoms with E-state index in [0.717, 1.165) is 9.54 Å². The molecule has 0 bridgehead atoms. The van der Waals surface area contributed by atoms with Gasteiger partial charge in [-0.25, -0.2) is 27.2 Å². The molecule has 0 N–H and O–H groups in total. The minimum absolute atomic E-state index is 0. The molecule has 1 fully saturated rings. The van der Waals surface area contributed by atoms with Crippen molar-refractivity contribution in [2.24, 2.45) is 0 Å². The maximum absolute atomic E-state index is 13.4. The van der Waals surface area contributed by atoms with Gasteiger partial charge in [0.15, 0.2) is 5.65 Å². The Morgan fingerprint density at radius 3 is 2.33 bits per heavy atom. The zero-order chi connectivity index (χ0) is 29.4. The number of pyridine rings is 1. The third-order valence-electron chi connectivity index (χ3n) is 7.69. The second-order valence-corrected chi connectivity index (χ2v) is 12.1.